The van der Waals surface area contributed by atoms with Crippen molar-refractivity contribution < 1.29 is 19.4 Å². The largest absolute Gasteiger partial charge is 0.480 e. The van der Waals surface area contributed by atoms with Gasteiger partial charge < -0.3 is 19.9 Å². The third-order valence-corrected chi connectivity index (χ3v) is 3.03. The first-order valence-corrected chi connectivity index (χ1v) is 5.73. The fraction of sp³-hybridized carbons (Fsp3) is 0.909. The summed E-state index contributed by atoms with van der Waals surface area (Å²) < 4.78 is 10.5. The average Bonchev–Trinajstić information content (AvgIpc) is 2.64. The SMILES string of the molecule is CCNC1(C(=O)O)CCC(OCCOC)C1. The highest BCUT2D eigenvalue weighted by Gasteiger charge is 2.45. The standard InChI is InChI=1S/C11H21NO4/c1-3-12-11(10(13)14)5-4-9(8-11)16-7-6-15-2/h9,12H,3-8H2,1-2H3,(H,13,14). The van der Waals surface area contributed by atoms with Gasteiger partial charge in [0.2, 0.25) is 0 Å². The minimum atomic E-state index is -0.785. The number of carboxylic acids is 1. The highest BCUT2D eigenvalue weighted by atomic mass is 16.5. The van der Waals surface area contributed by atoms with Crippen LogP contribution in [-0.4, -0.2) is 49.6 Å². The van der Waals surface area contributed by atoms with Crippen molar-refractivity contribution in [2.75, 3.05) is 26.9 Å². The third-order valence-electron chi connectivity index (χ3n) is 3.03. The van der Waals surface area contributed by atoms with Crippen molar-refractivity contribution in [2.45, 2.75) is 37.8 Å². The van der Waals surface area contributed by atoms with Crippen LogP contribution in [0, 0.1) is 0 Å². The van der Waals surface area contributed by atoms with Crippen molar-refractivity contribution in [3.63, 3.8) is 0 Å². The first kappa shape index (κ1) is 13.4. The summed E-state index contributed by atoms with van der Waals surface area (Å²) >= 11 is 0. The summed E-state index contributed by atoms with van der Waals surface area (Å²) in [4.78, 5) is 11.2. The first-order valence-electron chi connectivity index (χ1n) is 5.73. The van der Waals surface area contributed by atoms with Gasteiger partial charge in [-0.25, -0.2) is 0 Å². The van der Waals surface area contributed by atoms with Gasteiger partial charge in [-0.2, -0.15) is 0 Å². The number of hydrogen-bond acceptors (Lipinski definition) is 4. The van der Waals surface area contributed by atoms with Crippen LogP contribution in [0.5, 0.6) is 0 Å². The Labute approximate surface area is 96.1 Å². The molecule has 0 bridgehead atoms. The van der Waals surface area contributed by atoms with Crippen molar-refractivity contribution in [3.05, 3.63) is 0 Å². The van der Waals surface area contributed by atoms with Crippen LogP contribution in [0.3, 0.4) is 0 Å². The van der Waals surface area contributed by atoms with E-state index in [0.717, 1.165) is 6.42 Å². The van der Waals surface area contributed by atoms with Crippen molar-refractivity contribution >= 4 is 5.97 Å². The van der Waals surface area contributed by atoms with Gasteiger partial charge in [0.15, 0.2) is 0 Å². The van der Waals surface area contributed by atoms with Crippen LogP contribution in [0.1, 0.15) is 26.2 Å². The summed E-state index contributed by atoms with van der Waals surface area (Å²) in [7, 11) is 1.62. The van der Waals surface area contributed by atoms with Crippen molar-refractivity contribution in [1.29, 1.82) is 0 Å². The Morgan fingerprint density at radius 2 is 2.31 bits per heavy atom. The maximum Gasteiger partial charge on any atom is 0.323 e. The zero-order valence-corrected chi connectivity index (χ0v) is 9.99. The molecule has 0 spiro atoms. The van der Waals surface area contributed by atoms with E-state index in [2.05, 4.69) is 5.32 Å². The summed E-state index contributed by atoms with van der Waals surface area (Å²) in [5.41, 5.74) is -0.785. The molecule has 94 valence electrons. The molecular formula is C11H21NO4. The Kier molecular flexibility index (Phi) is 5.18. The van der Waals surface area contributed by atoms with Gasteiger partial charge in [0.1, 0.15) is 5.54 Å². The van der Waals surface area contributed by atoms with E-state index < -0.39 is 11.5 Å². The lowest BCUT2D eigenvalue weighted by atomic mass is 9.98. The van der Waals surface area contributed by atoms with Gasteiger partial charge in [-0.1, -0.05) is 6.92 Å². The molecular weight excluding hydrogens is 210 g/mol. The Balaban J connectivity index is 2.43. The maximum absolute atomic E-state index is 11.2. The van der Waals surface area contributed by atoms with Gasteiger partial charge >= 0.3 is 5.97 Å². The molecule has 0 aliphatic heterocycles. The molecule has 0 aromatic heterocycles. The van der Waals surface area contributed by atoms with Crippen LogP contribution < -0.4 is 5.32 Å². The molecule has 0 heterocycles. The predicted octanol–water partition coefficient (Wildman–Crippen LogP) is 0.635. The van der Waals surface area contributed by atoms with E-state index in [4.69, 9.17) is 9.47 Å². The van der Waals surface area contributed by atoms with E-state index in [0.29, 0.717) is 32.6 Å². The summed E-state index contributed by atoms with van der Waals surface area (Å²) in [5.74, 6) is -0.771. The topological polar surface area (TPSA) is 67.8 Å². The van der Waals surface area contributed by atoms with Gasteiger partial charge in [0.25, 0.3) is 0 Å². The molecule has 5 nitrogen and oxygen atoms in total. The van der Waals surface area contributed by atoms with Crippen molar-refractivity contribution in [1.82, 2.24) is 5.32 Å². The van der Waals surface area contributed by atoms with Crippen LogP contribution in [-0.2, 0) is 14.3 Å². The van der Waals surface area contributed by atoms with Gasteiger partial charge in [0.05, 0.1) is 19.3 Å². The molecule has 0 radical (unpaired) electrons. The van der Waals surface area contributed by atoms with E-state index in [1.165, 1.54) is 0 Å². The van der Waals surface area contributed by atoms with Gasteiger partial charge in [0, 0.05) is 13.5 Å². The average molecular weight is 231 g/mol. The minimum Gasteiger partial charge on any atom is -0.480 e. The lowest BCUT2D eigenvalue weighted by Gasteiger charge is -2.25. The summed E-state index contributed by atoms with van der Waals surface area (Å²) in [5, 5.41) is 12.3. The number of carboxylic acid groups (broad SMARTS) is 1. The highest BCUT2D eigenvalue weighted by Crippen LogP contribution is 2.32. The van der Waals surface area contributed by atoms with E-state index in [1.807, 2.05) is 6.92 Å². The van der Waals surface area contributed by atoms with Crippen LogP contribution in [0.4, 0.5) is 0 Å². The Hall–Kier alpha value is -0.650. The Bertz CT molecular complexity index is 234. The van der Waals surface area contributed by atoms with Crippen LogP contribution in [0.15, 0.2) is 0 Å². The van der Waals surface area contributed by atoms with Gasteiger partial charge in [-0.05, 0) is 19.4 Å². The normalized spacial score (nSPS) is 29.5. The number of ether oxygens (including phenoxy) is 2. The summed E-state index contributed by atoms with van der Waals surface area (Å²) in [6.45, 7) is 3.67. The quantitative estimate of drug-likeness (QED) is 0.629. The predicted molar refractivity (Wildman–Crippen MR) is 59.5 cm³/mol. The number of aliphatic carboxylic acids is 1. The van der Waals surface area contributed by atoms with Crippen LogP contribution >= 0.6 is 0 Å². The molecule has 1 aliphatic carbocycles. The van der Waals surface area contributed by atoms with E-state index in [-0.39, 0.29) is 6.10 Å². The summed E-state index contributed by atoms with van der Waals surface area (Å²) in [6, 6.07) is 0. The number of nitrogens with one attached hydrogen (secondary N) is 1. The molecule has 0 saturated heterocycles. The molecule has 5 heteroatoms. The van der Waals surface area contributed by atoms with Gasteiger partial charge in [-0.15, -0.1) is 0 Å². The lowest BCUT2D eigenvalue weighted by Crippen LogP contribution is -2.50. The molecule has 1 rings (SSSR count). The smallest absolute Gasteiger partial charge is 0.323 e. The number of hydrogen-bond donors (Lipinski definition) is 2. The highest BCUT2D eigenvalue weighted by molar-refractivity contribution is 5.79. The second-order valence-corrected chi connectivity index (χ2v) is 4.15. The van der Waals surface area contributed by atoms with Crippen molar-refractivity contribution in [3.8, 4) is 0 Å². The Morgan fingerprint density at radius 1 is 1.56 bits per heavy atom. The molecule has 0 amide bonds. The first-order chi connectivity index (χ1) is 7.64. The molecule has 2 N–H and O–H groups in total. The number of carbonyl (C=O) groups is 1. The maximum atomic E-state index is 11.2. The zero-order chi connectivity index (χ0) is 12.0. The lowest BCUT2D eigenvalue weighted by molar-refractivity contribution is -0.145. The summed E-state index contributed by atoms with van der Waals surface area (Å²) in [6.07, 6.45) is 2.00. The van der Waals surface area contributed by atoms with Crippen LogP contribution in [0.2, 0.25) is 0 Å². The second-order valence-electron chi connectivity index (χ2n) is 4.15. The molecule has 16 heavy (non-hydrogen) atoms. The molecule has 0 aromatic carbocycles. The van der Waals surface area contributed by atoms with Gasteiger partial charge in [-0.3, -0.25) is 4.79 Å². The fourth-order valence-electron chi connectivity index (χ4n) is 2.21. The molecule has 0 aromatic rings. The Morgan fingerprint density at radius 3 is 2.88 bits per heavy atom. The minimum absolute atomic E-state index is 0.0327. The zero-order valence-electron chi connectivity index (χ0n) is 9.99. The van der Waals surface area contributed by atoms with E-state index >= 15 is 0 Å². The number of rotatable bonds is 7. The number of methoxy groups -OCH3 is 1. The molecule has 2 atom stereocenters. The molecule has 2 unspecified atom stereocenters. The number of likely N-dealkylation sites (N-methyl/N-ethyl adjacent to an activating group) is 1. The molecule has 1 aliphatic rings. The fourth-order valence-corrected chi connectivity index (χ4v) is 2.21. The third kappa shape index (κ3) is 3.17. The monoisotopic (exact) mass is 231 g/mol. The van der Waals surface area contributed by atoms with Crippen molar-refractivity contribution in [2.24, 2.45) is 0 Å². The van der Waals surface area contributed by atoms with E-state index in [9.17, 15) is 9.90 Å². The van der Waals surface area contributed by atoms with E-state index in [1.54, 1.807) is 7.11 Å². The molecule has 1 saturated carbocycles. The second kappa shape index (κ2) is 6.18. The molecule has 1 fully saturated rings. The van der Waals surface area contributed by atoms with Crippen LogP contribution in [0.25, 0.3) is 0 Å².